The third-order valence-corrected chi connectivity index (χ3v) is 5.84. The predicted molar refractivity (Wildman–Crippen MR) is 90.8 cm³/mol. The summed E-state index contributed by atoms with van der Waals surface area (Å²) in [5, 5.41) is 9.14. The lowest BCUT2D eigenvalue weighted by atomic mass is 10.2. The number of hydrogen-bond acceptors (Lipinski definition) is 3. The van der Waals surface area contributed by atoms with E-state index in [1.807, 2.05) is 6.07 Å². The summed E-state index contributed by atoms with van der Waals surface area (Å²) >= 11 is 0. The van der Waals surface area contributed by atoms with Gasteiger partial charge in [-0.3, -0.25) is 4.79 Å². The summed E-state index contributed by atoms with van der Waals surface area (Å²) in [6, 6.07) is 14.2. The quantitative estimate of drug-likeness (QED) is 0.773. The summed E-state index contributed by atoms with van der Waals surface area (Å²) in [5.74, 6) is -1.11. The van der Waals surface area contributed by atoms with Crippen LogP contribution in [0.2, 0.25) is 0 Å². The van der Waals surface area contributed by atoms with E-state index in [1.165, 1.54) is 0 Å². The Kier molecular flexibility index (Phi) is 4.15. The van der Waals surface area contributed by atoms with Crippen LogP contribution in [0.5, 0.6) is 0 Å². The number of carboxylic acids is 1. The number of aliphatic carboxylic acids is 1. The van der Waals surface area contributed by atoms with Crippen LogP contribution in [-0.4, -0.2) is 23.9 Å². The fourth-order valence-electron chi connectivity index (χ4n) is 2.99. The van der Waals surface area contributed by atoms with Crippen molar-refractivity contribution in [2.24, 2.45) is 0 Å². The maximum Gasteiger partial charge on any atom is 0.309 e. The van der Waals surface area contributed by atoms with Crippen LogP contribution in [0.4, 0.5) is 0 Å². The lowest BCUT2D eigenvalue weighted by molar-refractivity contribution is -0.136. The second kappa shape index (κ2) is 6.13. The first-order valence-corrected chi connectivity index (χ1v) is 9.12. The second-order valence-electron chi connectivity index (χ2n) is 5.67. The zero-order valence-corrected chi connectivity index (χ0v) is 14.0. The highest BCUT2D eigenvalue weighted by Gasteiger charge is 2.26. The minimum Gasteiger partial charge on any atom is -0.481 e. The molecule has 0 saturated carbocycles. The van der Waals surface area contributed by atoms with Crippen molar-refractivity contribution < 1.29 is 18.3 Å². The number of fused-ring (bicyclic) bond motifs is 1. The molecule has 124 valence electrons. The summed E-state index contributed by atoms with van der Waals surface area (Å²) in [5.41, 5.74) is 2.21. The molecule has 0 spiro atoms. The number of rotatable bonds is 5. The Morgan fingerprint density at radius 2 is 1.75 bits per heavy atom. The van der Waals surface area contributed by atoms with E-state index in [2.05, 4.69) is 0 Å². The first kappa shape index (κ1) is 16.3. The Bertz CT molecular complexity index is 1000. The average Bonchev–Trinajstić information content (AvgIpc) is 2.80. The molecule has 6 heteroatoms. The minimum atomic E-state index is -3.60. The van der Waals surface area contributed by atoms with Gasteiger partial charge in [-0.05, 0) is 30.2 Å². The number of pyridine rings is 1. The standard InChI is InChI=1S/C18H17NO4S/c1-13-16(11-17(20)21)19-10-6-5-9-15(19)18(13)24(22,23)12-14-7-3-2-4-8-14/h2-10H,11-12H2,1H3,(H,20,21). The SMILES string of the molecule is Cc1c(S(=O)(=O)Cc2ccccc2)c2ccccn2c1CC(=O)O. The van der Waals surface area contributed by atoms with Gasteiger partial charge in [0.15, 0.2) is 9.84 Å². The van der Waals surface area contributed by atoms with Gasteiger partial charge in [0.2, 0.25) is 0 Å². The number of sulfone groups is 1. The smallest absolute Gasteiger partial charge is 0.309 e. The molecule has 2 aromatic heterocycles. The normalized spacial score (nSPS) is 11.7. The molecule has 0 amide bonds. The van der Waals surface area contributed by atoms with Crippen molar-refractivity contribution in [2.75, 3.05) is 0 Å². The topological polar surface area (TPSA) is 75.8 Å². The van der Waals surface area contributed by atoms with E-state index in [-0.39, 0.29) is 17.1 Å². The van der Waals surface area contributed by atoms with Crippen LogP contribution in [-0.2, 0) is 26.8 Å². The molecule has 2 heterocycles. The fraction of sp³-hybridized carbons (Fsp3) is 0.167. The van der Waals surface area contributed by atoms with Crippen molar-refractivity contribution in [3.8, 4) is 0 Å². The molecule has 0 aliphatic carbocycles. The number of carbonyl (C=O) groups is 1. The van der Waals surface area contributed by atoms with Gasteiger partial charge in [-0.15, -0.1) is 0 Å². The summed E-state index contributed by atoms with van der Waals surface area (Å²) in [4.78, 5) is 11.4. The molecule has 24 heavy (non-hydrogen) atoms. The van der Waals surface area contributed by atoms with Crippen molar-refractivity contribution >= 4 is 21.3 Å². The highest BCUT2D eigenvalue weighted by molar-refractivity contribution is 7.91. The van der Waals surface area contributed by atoms with Crippen molar-refractivity contribution in [1.82, 2.24) is 4.40 Å². The number of benzene rings is 1. The molecule has 0 fully saturated rings. The molecule has 1 aromatic carbocycles. The van der Waals surface area contributed by atoms with Gasteiger partial charge in [0, 0.05) is 11.9 Å². The van der Waals surface area contributed by atoms with Gasteiger partial charge >= 0.3 is 5.97 Å². The molecule has 1 N–H and O–H groups in total. The Labute approximate surface area is 140 Å². The summed E-state index contributed by atoms with van der Waals surface area (Å²) in [7, 11) is -3.60. The van der Waals surface area contributed by atoms with Crippen LogP contribution in [0.3, 0.4) is 0 Å². The Morgan fingerprint density at radius 3 is 2.42 bits per heavy atom. The van der Waals surface area contributed by atoms with Crippen LogP contribution in [0, 0.1) is 6.92 Å². The second-order valence-corrected chi connectivity index (χ2v) is 7.60. The highest BCUT2D eigenvalue weighted by atomic mass is 32.2. The van der Waals surface area contributed by atoms with Crippen molar-refractivity contribution in [3.05, 3.63) is 71.5 Å². The molecule has 5 nitrogen and oxygen atoms in total. The van der Waals surface area contributed by atoms with Gasteiger partial charge in [0.25, 0.3) is 0 Å². The molecule has 0 aliphatic heterocycles. The fourth-order valence-corrected chi connectivity index (χ4v) is 4.83. The van der Waals surface area contributed by atoms with E-state index in [9.17, 15) is 13.2 Å². The first-order chi connectivity index (χ1) is 11.4. The summed E-state index contributed by atoms with van der Waals surface area (Å²) in [6.45, 7) is 1.67. The zero-order chi connectivity index (χ0) is 17.3. The van der Waals surface area contributed by atoms with Gasteiger partial charge in [0.05, 0.1) is 22.6 Å². The first-order valence-electron chi connectivity index (χ1n) is 7.47. The molecular formula is C18H17NO4S. The third-order valence-electron chi connectivity index (χ3n) is 3.99. The Balaban J connectivity index is 2.18. The number of hydrogen-bond donors (Lipinski definition) is 1. The number of carboxylic acid groups (broad SMARTS) is 1. The van der Waals surface area contributed by atoms with Crippen LogP contribution >= 0.6 is 0 Å². The molecule has 0 saturated heterocycles. The van der Waals surface area contributed by atoms with Crippen LogP contribution in [0.1, 0.15) is 16.8 Å². The Hall–Kier alpha value is -2.60. The van der Waals surface area contributed by atoms with Crippen molar-refractivity contribution in [1.29, 1.82) is 0 Å². The highest BCUT2D eigenvalue weighted by Crippen LogP contribution is 2.30. The lowest BCUT2D eigenvalue weighted by Gasteiger charge is -2.05. The van der Waals surface area contributed by atoms with Gasteiger partial charge in [-0.25, -0.2) is 8.42 Å². The van der Waals surface area contributed by atoms with E-state index in [4.69, 9.17) is 5.11 Å². The predicted octanol–water partition coefficient (Wildman–Crippen LogP) is 2.85. The maximum absolute atomic E-state index is 13.0. The van der Waals surface area contributed by atoms with Crippen molar-refractivity contribution in [3.63, 3.8) is 0 Å². The third kappa shape index (κ3) is 2.92. The van der Waals surface area contributed by atoms with Crippen LogP contribution in [0.25, 0.3) is 5.52 Å². The minimum absolute atomic E-state index is 0.115. The summed E-state index contributed by atoms with van der Waals surface area (Å²) < 4.78 is 27.6. The van der Waals surface area contributed by atoms with Gasteiger partial charge in [0.1, 0.15) is 0 Å². The largest absolute Gasteiger partial charge is 0.481 e. The number of aromatic nitrogens is 1. The van der Waals surface area contributed by atoms with E-state index < -0.39 is 15.8 Å². The van der Waals surface area contributed by atoms with Crippen LogP contribution < -0.4 is 0 Å². The average molecular weight is 343 g/mol. The molecule has 0 bridgehead atoms. The zero-order valence-electron chi connectivity index (χ0n) is 13.1. The molecule has 0 aliphatic rings. The Morgan fingerprint density at radius 1 is 1.08 bits per heavy atom. The van der Waals surface area contributed by atoms with E-state index in [0.29, 0.717) is 22.3 Å². The molecule has 3 rings (SSSR count). The molecule has 3 aromatic rings. The lowest BCUT2D eigenvalue weighted by Crippen LogP contribution is -2.07. The summed E-state index contributed by atoms with van der Waals surface area (Å²) in [6.07, 6.45) is 1.47. The van der Waals surface area contributed by atoms with Crippen LogP contribution in [0.15, 0.2) is 59.6 Å². The van der Waals surface area contributed by atoms with Gasteiger partial charge in [-0.1, -0.05) is 36.4 Å². The van der Waals surface area contributed by atoms with E-state index in [1.54, 1.807) is 60.0 Å². The molecule has 0 radical (unpaired) electrons. The molecule has 0 atom stereocenters. The van der Waals surface area contributed by atoms with E-state index in [0.717, 1.165) is 0 Å². The van der Waals surface area contributed by atoms with Gasteiger partial charge in [-0.2, -0.15) is 0 Å². The monoisotopic (exact) mass is 343 g/mol. The van der Waals surface area contributed by atoms with E-state index >= 15 is 0 Å². The molecular weight excluding hydrogens is 326 g/mol. The molecule has 0 unspecified atom stereocenters. The maximum atomic E-state index is 13.0. The van der Waals surface area contributed by atoms with Crippen molar-refractivity contribution in [2.45, 2.75) is 24.0 Å². The van der Waals surface area contributed by atoms with Gasteiger partial charge < -0.3 is 9.51 Å². The number of nitrogens with zero attached hydrogens (tertiary/aromatic N) is 1.